The minimum absolute atomic E-state index is 0.675. The molecule has 1 nitrogen and oxygen atoms in total. The zero-order valence-electron chi connectivity index (χ0n) is 12.2. The SMILES string of the molecule is CCCCCCC1=NC=CSC1CCCCCC. The highest BCUT2D eigenvalue weighted by molar-refractivity contribution is 8.03. The Morgan fingerprint density at radius 2 is 1.72 bits per heavy atom. The Kier molecular flexibility index (Phi) is 9.37. The zero-order chi connectivity index (χ0) is 13.1. The van der Waals surface area contributed by atoms with Gasteiger partial charge in [-0.2, -0.15) is 0 Å². The highest BCUT2D eigenvalue weighted by atomic mass is 32.2. The predicted octanol–water partition coefficient (Wildman–Crippen LogP) is 5.95. The quantitative estimate of drug-likeness (QED) is 0.445. The standard InChI is InChI=1S/C16H29NS/c1-3-5-7-9-11-15-16(18-14-13-17-15)12-10-8-6-4-2/h13-14,16H,3-12H2,1-2H3. The molecule has 0 bridgehead atoms. The number of hydrogen-bond donors (Lipinski definition) is 0. The maximum atomic E-state index is 4.62. The van der Waals surface area contributed by atoms with Gasteiger partial charge in [0, 0.05) is 17.2 Å². The Balaban J connectivity index is 2.23. The van der Waals surface area contributed by atoms with E-state index in [1.165, 1.54) is 69.9 Å². The fraction of sp³-hybridized carbons (Fsp3) is 0.812. The van der Waals surface area contributed by atoms with E-state index in [-0.39, 0.29) is 0 Å². The van der Waals surface area contributed by atoms with Crippen molar-refractivity contribution in [1.29, 1.82) is 0 Å². The van der Waals surface area contributed by atoms with E-state index < -0.39 is 0 Å². The van der Waals surface area contributed by atoms with Gasteiger partial charge >= 0.3 is 0 Å². The molecular weight excluding hydrogens is 238 g/mol. The molecule has 1 aliphatic rings. The van der Waals surface area contributed by atoms with Crippen molar-refractivity contribution in [1.82, 2.24) is 0 Å². The van der Waals surface area contributed by atoms with Crippen molar-refractivity contribution < 1.29 is 0 Å². The van der Waals surface area contributed by atoms with E-state index in [0.717, 1.165) is 0 Å². The second-order valence-electron chi connectivity index (χ2n) is 5.19. The topological polar surface area (TPSA) is 12.4 Å². The van der Waals surface area contributed by atoms with Gasteiger partial charge in [-0.15, -0.1) is 11.8 Å². The second kappa shape index (κ2) is 10.7. The lowest BCUT2D eigenvalue weighted by atomic mass is 10.0. The first kappa shape index (κ1) is 15.8. The average Bonchev–Trinajstić information content (AvgIpc) is 2.41. The molecule has 0 radical (unpaired) electrons. The largest absolute Gasteiger partial charge is 0.264 e. The molecule has 0 aliphatic carbocycles. The molecular formula is C16H29NS. The molecule has 0 amide bonds. The normalized spacial score (nSPS) is 19.0. The molecule has 18 heavy (non-hydrogen) atoms. The highest BCUT2D eigenvalue weighted by Gasteiger charge is 2.16. The molecule has 0 fully saturated rings. The van der Waals surface area contributed by atoms with Crippen LogP contribution in [-0.2, 0) is 0 Å². The van der Waals surface area contributed by atoms with Gasteiger partial charge in [0.2, 0.25) is 0 Å². The van der Waals surface area contributed by atoms with Crippen LogP contribution in [0.25, 0.3) is 0 Å². The average molecular weight is 267 g/mol. The first-order valence-electron chi connectivity index (χ1n) is 7.75. The van der Waals surface area contributed by atoms with Crippen LogP contribution in [0.3, 0.4) is 0 Å². The summed E-state index contributed by atoms with van der Waals surface area (Å²) in [5, 5.41) is 2.84. The molecule has 0 aromatic heterocycles. The molecule has 104 valence electrons. The smallest absolute Gasteiger partial charge is 0.0472 e. The summed E-state index contributed by atoms with van der Waals surface area (Å²) in [4.78, 5) is 4.62. The lowest BCUT2D eigenvalue weighted by molar-refractivity contribution is 0.640. The summed E-state index contributed by atoms with van der Waals surface area (Å²) < 4.78 is 0. The van der Waals surface area contributed by atoms with Crippen LogP contribution in [0.5, 0.6) is 0 Å². The number of aliphatic imine (C=N–C) groups is 1. The molecule has 1 unspecified atom stereocenters. The van der Waals surface area contributed by atoms with Crippen molar-refractivity contribution in [2.75, 3.05) is 0 Å². The third kappa shape index (κ3) is 6.63. The molecule has 1 aliphatic heterocycles. The number of nitrogens with zero attached hydrogens (tertiary/aromatic N) is 1. The van der Waals surface area contributed by atoms with Crippen LogP contribution in [0.2, 0.25) is 0 Å². The van der Waals surface area contributed by atoms with Crippen molar-refractivity contribution in [3.8, 4) is 0 Å². The van der Waals surface area contributed by atoms with Crippen molar-refractivity contribution in [3.63, 3.8) is 0 Å². The Labute approximate surface area is 118 Å². The molecule has 0 saturated carbocycles. The van der Waals surface area contributed by atoms with Gasteiger partial charge < -0.3 is 0 Å². The van der Waals surface area contributed by atoms with Crippen molar-refractivity contribution in [2.24, 2.45) is 4.99 Å². The number of hydrogen-bond acceptors (Lipinski definition) is 2. The maximum absolute atomic E-state index is 4.62. The number of unbranched alkanes of at least 4 members (excludes halogenated alkanes) is 6. The van der Waals surface area contributed by atoms with Gasteiger partial charge in [-0.1, -0.05) is 58.8 Å². The molecule has 1 heterocycles. The monoisotopic (exact) mass is 267 g/mol. The van der Waals surface area contributed by atoms with Crippen LogP contribution in [0.1, 0.15) is 78.1 Å². The first-order chi connectivity index (χ1) is 8.88. The van der Waals surface area contributed by atoms with Crippen molar-refractivity contribution in [2.45, 2.75) is 83.3 Å². The molecule has 0 spiro atoms. The van der Waals surface area contributed by atoms with Gasteiger partial charge in [0.05, 0.1) is 0 Å². The minimum atomic E-state index is 0.675. The predicted molar refractivity (Wildman–Crippen MR) is 85.5 cm³/mol. The summed E-state index contributed by atoms with van der Waals surface area (Å²) in [5.74, 6) is 0. The van der Waals surface area contributed by atoms with E-state index in [9.17, 15) is 0 Å². The third-order valence-electron chi connectivity index (χ3n) is 3.52. The summed E-state index contributed by atoms with van der Waals surface area (Å²) in [6, 6.07) is 0. The fourth-order valence-electron chi connectivity index (χ4n) is 2.37. The van der Waals surface area contributed by atoms with Crippen molar-refractivity contribution in [3.05, 3.63) is 11.6 Å². The van der Waals surface area contributed by atoms with Gasteiger partial charge in [-0.05, 0) is 24.7 Å². The fourth-order valence-corrected chi connectivity index (χ4v) is 3.33. The van der Waals surface area contributed by atoms with Gasteiger partial charge in [0.15, 0.2) is 0 Å². The van der Waals surface area contributed by atoms with Crippen molar-refractivity contribution >= 4 is 17.5 Å². The first-order valence-corrected chi connectivity index (χ1v) is 8.69. The van der Waals surface area contributed by atoms with Crippen LogP contribution >= 0.6 is 11.8 Å². The van der Waals surface area contributed by atoms with E-state index in [4.69, 9.17) is 0 Å². The second-order valence-corrected chi connectivity index (χ2v) is 6.30. The molecule has 1 rings (SSSR count). The molecule has 0 N–H and O–H groups in total. The molecule has 0 aromatic rings. The van der Waals surface area contributed by atoms with Crippen LogP contribution < -0.4 is 0 Å². The zero-order valence-corrected chi connectivity index (χ0v) is 13.0. The summed E-state index contributed by atoms with van der Waals surface area (Å²) >= 11 is 1.98. The molecule has 0 saturated heterocycles. The summed E-state index contributed by atoms with van der Waals surface area (Å²) in [6.07, 6.45) is 15.4. The van der Waals surface area contributed by atoms with E-state index in [0.29, 0.717) is 5.25 Å². The Bertz CT molecular complexity index is 258. The van der Waals surface area contributed by atoms with Crippen LogP contribution in [0.4, 0.5) is 0 Å². The Morgan fingerprint density at radius 1 is 1.00 bits per heavy atom. The van der Waals surface area contributed by atoms with Crippen LogP contribution in [0.15, 0.2) is 16.6 Å². The Hall–Kier alpha value is -0.240. The summed E-state index contributed by atoms with van der Waals surface area (Å²) in [7, 11) is 0. The molecule has 0 aromatic carbocycles. The lowest BCUT2D eigenvalue weighted by Crippen LogP contribution is -2.18. The van der Waals surface area contributed by atoms with Gasteiger partial charge in [-0.25, -0.2) is 0 Å². The molecule has 2 heteroatoms. The lowest BCUT2D eigenvalue weighted by Gasteiger charge is -2.19. The van der Waals surface area contributed by atoms with E-state index in [1.807, 2.05) is 18.0 Å². The van der Waals surface area contributed by atoms with Crippen LogP contribution in [-0.4, -0.2) is 11.0 Å². The minimum Gasteiger partial charge on any atom is -0.264 e. The summed E-state index contributed by atoms with van der Waals surface area (Å²) in [6.45, 7) is 4.55. The van der Waals surface area contributed by atoms with Gasteiger partial charge in [-0.3, -0.25) is 4.99 Å². The van der Waals surface area contributed by atoms with Gasteiger partial charge in [0.1, 0.15) is 0 Å². The molecule has 1 atom stereocenters. The third-order valence-corrected chi connectivity index (χ3v) is 4.64. The maximum Gasteiger partial charge on any atom is 0.0472 e. The highest BCUT2D eigenvalue weighted by Crippen LogP contribution is 2.26. The van der Waals surface area contributed by atoms with Gasteiger partial charge in [0.25, 0.3) is 0 Å². The van der Waals surface area contributed by atoms with E-state index in [1.54, 1.807) is 0 Å². The van der Waals surface area contributed by atoms with E-state index in [2.05, 4.69) is 24.2 Å². The number of rotatable bonds is 10. The Morgan fingerprint density at radius 3 is 2.44 bits per heavy atom. The number of thioether (sulfide) groups is 1. The summed E-state index contributed by atoms with van der Waals surface area (Å²) in [5.41, 5.74) is 1.45. The van der Waals surface area contributed by atoms with Crippen LogP contribution in [0, 0.1) is 0 Å². The van der Waals surface area contributed by atoms with E-state index >= 15 is 0 Å².